The summed E-state index contributed by atoms with van der Waals surface area (Å²) < 4.78 is 26.9. The van der Waals surface area contributed by atoms with Crippen LogP contribution in [0.4, 0.5) is 0 Å². The van der Waals surface area contributed by atoms with Crippen molar-refractivity contribution in [2.45, 2.75) is 38.1 Å². The first-order chi connectivity index (χ1) is 8.82. The van der Waals surface area contributed by atoms with Crippen LogP contribution in [-0.2, 0) is 10.0 Å². The van der Waals surface area contributed by atoms with E-state index in [9.17, 15) is 8.42 Å². The van der Waals surface area contributed by atoms with Gasteiger partial charge in [0, 0.05) is 19.1 Å². The van der Waals surface area contributed by atoms with E-state index in [0.717, 1.165) is 17.5 Å². The minimum Gasteiger partial charge on any atom is -0.327 e. The number of nitrogens with zero attached hydrogens (tertiary/aromatic N) is 1. The first-order valence-electron chi connectivity index (χ1n) is 6.65. The lowest BCUT2D eigenvalue weighted by Gasteiger charge is -2.34. The molecule has 2 unspecified atom stereocenters. The maximum atomic E-state index is 12.7. The van der Waals surface area contributed by atoms with E-state index in [-0.39, 0.29) is 24.4 Å². The maximum Gasteiger partial charge on any atom is 0.243 e. The van der Waals surface area contributed by atoms with E-state index in [1.165, 1.54) is 0 Å². The molecule has 2 rings (SSSR count). The van der Waals surface area contributed by atoms with Gasteiger partial charge in [-0.15, -0.1) is 12.4 Å². The largest absolute Gasteiger partial charge is 0.327 e. The molecule has 2 N–H and O–H groups in total. The van der Waals surface area contributed by atoms with Gasteiger partial charge in [-0.2, -0.15) is 4.31 Å². The van der Waals surface area contributed by atoms with Crippen LogP contribution >= 0.6 is 12.4 Å². The first-order valence-corrected chi connectivity index (χ1v) is 8.09. The summed E-state index contributed by atoms with van der Waals surface area (Å²) in [5.41, 5.74) is 7.83. The SMILES string of the molecule is Cc1ccc(S(=O)(=O)N2CCC(N)C(C)C2)c(C)c1.Cl. The Kier molecular flexibility index (Phi) is 5.61. The van der Waals surface area contributed by atoms with Crippen molar-refractivity contribution in [3.63, 3.8) is 0 Å². The third-order valence-corrected chi connectivity index (χ3v) is 5.91. The lowest BCUT2D eigenvalue weighted by molar-refractivity contribution is 0.250. The number of sulfonamides is 1. The molecule has 1 aliphatic rings. The normalized spacial score (nSPS) is 24.2. The highest BCUT2D eigenvalue weighted by atomic mass is 35.5. The van der Waals surface area contributed by atoms with E-state index in [1.807, 2.05) is 32.9 Å². The number of halogens is 1. The third kappa shape index (κ3) is 3.34. The van der Waals surface area contributed by atoms with Crippen LogP contribution in [0.15, 0.2) is 23.1 Å². The molecule has 0 aromatic heterocycles. The highest BCUT2D eigenvalue weighted by Gasteiger charge is 2.32. The summed E-state index contributed by atoms with van der Waals surface area (Å²) in [5.74, 6) is 0.203. The molecule has 1 fully saturated rings. The van der Waals surface area contributed by atoms with Gasteiger partial charge in [0.05, 0.1) is 4.90 Å². The fraction of sp³-hybridized carbons (Fsp3) is 0.571. The van der Waals surface area contributed by atoms with E-state index in [2.05, 4.69) is 0 Å². The highest BCUT2D eigenvalue weighted by Crippen LogP contribution is 2.25. The highest BCUT2D eigenvalue weighted by molar-refractivity contribution is 7.89. The van der Waals surface area contributed by atoms with Crippen molar-refractivity contribution in [1.82, 2.24) is 4.31 Å². The Morgan fingerprint density at radius 1 is 1.30 bits per heavy atom. The van der Waals surface area contributed by atoms with Gasteiger partial charge in [0.15, 0.2) is 0 Å². The van der Waals surface area contributed by atoms with Crippen molar-refractivity contribution in [1.29, 1.82) is 0 Å². The second-order valence-electron chi connectivity index (χ2n) is 5.56. The molecule has 0 spiro atoms. The Balaban J connectivity index is 0.00000200. The summed E-state index contributed by atoms with van der Waals surface area (Å²) in [6, 6.07) is 5.56. The zero-order valence-corrected chi connectivity index (χ0v) is 13.8. The quantitative estimate of drug-likeness (QED) is 0.908. The van der Waals surface area contributed by atoms with Crippen molar-refractivity contribution < 1.29 is 8.42 Å². The van der Waals surface area contributed by atoms with Gasteiger partial charge >= 0.3 is 0 Å². The molecule has 0 saturated carbocycles. The lowest BCUT2D eigenvalue weighted by atomic mass is 9.96. The van der Waals surface area contributed by atoms with E-state index < -0.39 is 10.0 Å². The molecule has 1 heterocycles. The summed E-state index contributed by atoms with van der Waals surface area (Å²) in [6.45, 7) is 6.84. The molecule has 1 saturated heterocycles. The molecule has 2 atom stereocenters. The molecular formula is C14H23ClN2O2S. The van der Waals surface area contributed by atoms with Crippen molar-refractivity contribution in [3.8, 4) is 0 Å². The minimum absolute atomic E-state index is 0. The monoisotopic (exact) mass is 318 g/mol. The number of hydrogen-bond acceptors (Lipinski definition) is 3. The van der Waals surface area contributed by atoms with Gasteiger partial charge in [-0.3, -0.25) is 0 Å². The number of nitrogens with two attached hydrogens (primary N) is 1. The van der Waals surface area contributed by atoms with Crippen LogP contribution < -0.4 is 5.73 Å². The van der Waals surface area contributed by atoms with Crippen LogP contribution in [0.25, 0.3) is 0 Å². The van der Waals surface area contributed by atoms with E-state index in [4.69, 9.17) is 5.73 Å². The van der Waals surface area contributed by atoms with Crippen LogP contribution in [0.1, 0.15) is 24.5 Å². The van der Waals surface area contributed by atoms with E-state index in [0.29, 0.717) is 18.0 Å². The molecule has 1 aliphatic heterocycles. The predicted molar refractivity (Wildman–Crippen MR) is 83.7 cm³/mol. The second kappa shape index (κ2) is 6.43. The van der Waals surface area contributed by atoms with Crippen LogP contribution in [-0.4, -0.2) is 31.9 Å². The van der Waals surface area contributed by atoms with E-state index in [1.54, 1.807) is 10.4 Å². The second-order valence-corrected chi connectivity index (χ2v) is 7.47. The minimum atomic E-state index is -3.39. The van der Waals surface area contributed by atoms with Crippen LogP contribution in [0.5, 0.6) is 0 Å². The van der Waals surface area contributed by atoms with Crippen molar-refractivity contribution >= 4 is 22.4 Å². The molecule has 0 bridgehead atoms. The Hall–Kier alpha value is -0.620. The van der Waals surface area contributed by atoms with Gasteiger partial charge in [-0.25, -0.2) is 8.42 Å². The molecule has 1 aromatic carbocycles. The maximum absolute atomic E-state index is 12.7. The van der Waals surface area contributed by atoms with Gasteiger partial charge in [0.25, 0.3) is 0 Å². The summed E-state index contributed by atoms with van der Waals surface area (Å²) in [7, 11) is -3.39. The molecule has 0 radical (unpaired) electrons. The number of benzene rings is 1. The topological polar surface area (TPSA) is 63.4 Å². The standard InChI is InChI=1S/C14H22N2O2S.ClH/c1-10-4-5-14(11(2)8-10)19(17,18)16-7-6-13(15)12(3)9-16;/h4-5,8,12-13H,6-7,9,15H2,1-3H3;1H. The summed E-state index contributed by atoms with van der Waals surface area (Å²) in [4.78, 5) is 0.417. The fourth-order valence-electron chi connectivity index (χ4n) is 2.57. The van der Waals surface area contributed by atoms with Gasteiger partial charge in [0.2, 0.25) is 10.0 Å². The van der Waals surface area contributed by atoms with Gasteiger partial charge in [0.1, 0.15) is 0 Å². The molecule has 20 heavy (non-hydrogen) atoms. The smallest absolute Gasteiger partial charge is 0.243 e. The van der Waals surface area contributed by atoms with Gasteiger partial charge in [-0.05, 0) is 37.8 Å². The number of aryl methyl sites for hydroxylation is 2. The number of piperidine rings is 1. The predicted octanol–water partition coefficient (Wildman–Crippen LogP) is 2.08. The molecule has 4 nitrogen and oxygen atoms in total. The van der Waals surface area contributed by atoms with Crippen molar-refractivity contribution in [2.24, 2.45) is 11.7 Å². The Bertz CT molecular complexity index is 575. The molecular weight excluding hydrogens is 296 g/mol. The Morgan fingerprint density at radius 3 is 2.50 bits per heavy atom. The summed E-state index contributed by atoms with van der Waals surface area (Å²) in [5, 5.41) is 0. The number of rotatable bonds is 2. The molecule has 6 heteroatoms. The fourth-order valence-corrected chi connectivity index (χ4v) is 4.33. The zero-order chi connectivity index (χ0) is 14.2. The first kappa shape index (κ1) is 17.4. The third-order valence-electron chi connectivity index (χ3n) is 3.88. The van der Waals surface area contributed by atoms with Gasteiger partial charge in [-0.1, -0.05) is 24.6 Å². The van der Waals surface area contributed by atoms with Crippen LogP contribution in [0, 0.1) is 19.8 Å². The molecule has 114 valence electrons. The number of hydrogen-bond donors (Lipinski definition) is 1. The van der Waals surface area contributed by atoms with Crippen molar-refractivity contribution in [3.05, 3.63) is 29.3 Å². The summed E-state index contributed by atoms with van der Waals surface area (Å²) >= 11 is 0. The van der Waals surface area contributed by atoms with Crippen LogP contribution in [0.2, 0.25) is 0 Å². The van der Waals surface area contributed by atoms with Crippen molar-refractivity contribution in [2.75, 3.05) is 13.1 Å². The molecule has 0 amide bonds. The summed E-state index contributed by atoms with van der Waals surface area (Å²) in [6.07, 6.45) is 0.727. The molecule has 1 aromatic rings. The van der Waals surface area contributed by atoms with Gasteiger partial charge < -0.3 is 5.73 Å². The molecule has 0 aliphatic carbocycles. The lowest BCUT2D eigenvalue weighted by Crippen LogP contribution is -2.48. The average molecular weight is 319 g/mol. The van der Waals surface area contributed by atoms with E-state index >= 15 is 0 Å². The Morgan fingerprint density at radius 2 is 1.95 bits per heavy atom. The Labute approximate surface area is 127 Å². The van der Waals surface area contributed by atoms with Crippen LogP contribution in [0.3, 0.4) is 0 Å². The zero-order valence-electron chi connectivity index (χ0n) is 12.2. The average Bonchev–Trinajstić information content (AvgIpc) is 2.32.